The van der Waals surface area contributed by atoms with Crippen LogP contribution in [0.3, 0.4) is 0 Å². The van der Waals surface area contributed by atoms with E-state index in [0.717, 1.165) is 0 Å². The van der Waals surface area contributed by atoms with E-state index in [0.29, 0.717) is 20.6 Å². The summed E-state index contributed by atoms with van der Waals surface area (Å²) in [6.45, 7) is 28.3. The number of halogens is 1. The van der Waals surface area contributed by atoms with Gasteiger partial charge in [-0.15, -0.1) is 0 Å². The van der Waals surface area contributed by atoms with E-state index in [9.17, 15) is 0 Å². The Morgan fingerprint density at radius 3 is 0.742 bits per heavy atom. The zero-order valence-corrected chi connectivity index (χ0v) is 26.8. The molecular formula is C26H44ClFeP2Pd+3. The van der Waals surface area contributed by atoms with Gasteiger partial charge in [0.05, 0.1) is 0 Å². The summed E-state index contributed by atoms with van der Waals surface area (Å²) >= 11 is 0. The second-order valence-corrected chi connectivity index (χ2v) is 19.4. The summed E-state index contributed by atoms with van der Waals surface area (Å²) < 4.78 is 0. The van der Waals surface area contributed by atoms with Crippen LogP contribution in [0.2, 0.25) is 0 Å². The molecule has 0 amide bonds. The van der Waals surface area contributed by atoms with Crippen LogP contribution in [0.15, 0.2) is 0 Å². The van der Waals surface area contributed by atoms with Crippen LogP contribution in [0, 0.1) is 62.7 Å². The molecule has 0 atom stereocenters. The van der Waals surface area contributed by atoms with Crippen LogP contribution >= 0.6 is 15.8 Å². The molecule has 2 rings (SSSR count). The molecule has 0 bridgehead atoms. The fraction of sp³-hybridized carbons (Fsp3) is 0.615. The van der Waals surface area contributed by atoms with Gasteiger partial charge in [-0.1, -0.05) is 98.9 Å². The summed E-state index contributed by atoms with van der Waals surface area (Å²) in [6.07, 6.45) is 17.7. The predicted molar refractivity (Wildman–Crippen MR) is 134 cm³/mol. The summed E-state index contributed by atoms with van der Waals surface area (Å²) in [5.41, 5.74) is 3.08. The van der Waals surface area contributed by atoms with Crippen molar-refractivity contribution in [3.8, 4) is 0 Å². The van der Waals surface area contributed by atoms with E-state index in [1.54, 1.807) is 11.3 Å². The van der Waals surface area contributed by atoms with E-state index in [1.807, 2.05) is 0 Å². The van der Waals surface area contributed by atoms with Gasteiger partial charge in [0, 0.05) is 11.3 Å². The number of hydrogen-bond donors (Lipinski definition) is 0. The fourth-order valence-electron chi connectivity index (χ4n) is 4.59. The monoisotopic (exact) mass is 615 g/mol. The third kappa shape index (κ3) is 12.7. The van der Waals surface area contributed by atoms with Crippen molar-refractivity contribution >= 4 is 15.8 Å². The van der Waals surface area contributed by atoms with Gasteiger partial charge in [0.2, 0.25) is 0 Å². The van der Waals surface area contributed by atoms with E-state index in [-0.39, 0.29) is 65.7 Å². The zero-order chi connectivity index (χ0) is 22.0. The van der Waals surface area contributed by atoms with E-state index in [4.69, 9.17) is 0 Å². The van der Waals surface area contributed by atoms with Crippen molar-refractivity contribution in [3.63, 3.8) is 0 Å². The van der Waals surface area contributed by atoms with Gasteiger partial charge in [-0.05, 0) is 72.0 Å². The first-order chi connectivity index (χ1) is 12.5. The third-order valence-electron chi connectivity index (χ3n) is 4.49. The van der Waals surface area contributed by atoms with Crippen LogP contribution in [0.4, 0.5) is 0 Å². The van der Waals surface area contributed by atoms with Gasteiger partial charge in [-0.2, -0.15) is 0 Å². The van der Waals surface area contributed by atoms with Crippen LogP contribution < -0.4 is 12.4 Å². The van der Waals surface area contributed by atoms with Crippen molar-refractivity contribution in [2.45, 2.75) is 104 Å². The van der Waals surface area contributed by atoms with Gasteiger partial charge >= 0.3 is 37.5 Å². The molecule has 2 aliphatic carbocycles. The van der Waals surface area contributed by atoms with Crippen molar-refractivity contribution in [3.05, 3.63) is 62.7 Å². The van der Waals surface area contributed by atoms with E-state index in [1.165, 1.54) is 0 Å². The first-order valence-corrected chi connectivity index (χ1v) is 13.2. The van der Waals surface area contributed by atoms with Crippen molar-refractivity contribution in [2.75, 3.05) is 0 Å². The predicted octanol–water partition coefficient (Wildman–Crippen LogP) is 5.86. The normalized spacial score (nSPS) is 18.8. The average Bonchev–Trinajstić information content (AvgIpc) is 3.06. The molecule has 0 saturated heterocycles. The fourth-order valence-corrected chi connectivity index (χ4v) is 12.7. The molecule has 2 aliphatic rings. The Hall–Kier alpha value is 2.33. The molecule has 0 nitrogen and oxygen atoms in total. The Kier molecular flexibility index (Phi) is 18.1. The topological polar surface area (TPSA) is 0 Å². The van der Waals surface area contributed by atoms with Gasteiger partial charge in [0.25, 0.3) is 0 Å². The molecule has 0 N–H and O–H groups in total. The number of hydrogen-bond acceptors (Lipinski definition) is 0. The summed E-state index contributed by atoms with van der Waals surface area (Å²) in [7, 11) is -0.202. The second-order valence-electron chi connectivity index (χ2n) is 11.6. The SMILES string of the molecule is CC(C)(C)P([C]1[CH][CH][CH][CH]1)C(C)(C)C.CC(C)(C)P([C]1[CH][CH][CH][CH]1)C(C)(C)C.[Cl-].[Fe+2].[Pd+2]. The Morgan fingerprint density at radius 2 is 0.613 bits per heavy atom. The molecular weight excluding hydrogens is 572 g/mol. The van der Waals surface area contributed by atoms with Crippen LogP contribution in [0.1, 0.15) is 83.1 Å². The second kappa shape index (κ2) is 14.8. The zero-order valence-electron chi connectivity index (χ0n) is 21.6. The van der Waals surface area contributed by atoms with E-state index in [2.05, 4.69) is 134 Å². The van der Waals surface area contributed by atoms with Crippen molar-refractivity contribution < 1.29 is 49.9 Å². The Bertz CT molecular complexity index is 388. The largest absolute Gasteiger partial charge is 2.00 e. The summed E-state index contributed by atoms with van der Waals surface area (Å²) in [5.74, 6) is 0. The third-order valence-corrected chi connectivity index (χ3v) is 11.5. The standard InChI is InChI=1S/2C13H22P.ClH.Fe.Pd/c2*1-12(2,3)14(13(4,5)6)11-9-7-8-10-11;;;/h2*7-10H,1-6H3;1H;;/q;;;2*+2/p-1. The minimum absolute atomic E-state index is 0. The van der Waals surface area contributed by atoms with Crippen molar-refractivity contribution in [1.29, 1.82) is 0 Å². The summed E-state index contributed by atoms with van der Waals surface area (Å²) in [5, 5.41) is 1.56. The van der Waals surface area contributed by atoms with Crippen LogP contribution in [-0.2, 0) is 37.5 Å². The minimum atomic E-state index is -0.101. The molecule has 0 heterocycles. The van der Waals surface area contributed by atoms with Crippen LogP contribution in [0.5, 0.6) is 0 Å². The van der Waals surface area contributed by atoms with E-state index >= 15 is 0 Å². The Labute approximate surface area is 230 Å². The molecule has 31 heavy (non-hydrogen) atoms. The van der Waals surface area contributed by atoms with E-state index < -0.39 is 0 Å². The van der Waals surface area contributed by atoms with Gasteiger partial charge < -0.3 is 12.4 Å². The summed E-state index contributed by atoms with van der Waals surface area (Å²) in [6, 6.07) is 0. The maximum absolute atomic E-state index is 2.36. The molecule has 0 unspecified atom stereocenters. The molecule has 0 aromatic rings. The summed E-state index contributed by atoms with van der Waals surface area (Å²) in [4.78, 5) is 0. The first-order valence-electron chi connectivity index (χ1n) is 10.5. The molecule has 2 fully saturated rings. The minimum Gasteiger partial charge on any atom is -1.00 e. The maximum Gasteiger partial charge on any atom is 2.00 e. The Morgan fingerprint density at radius 1 is 0.452 bits per heavy atom. The average molecular weight is 616 g/mol. The van der Waals surface area contributed by atoms with Gasteiger partial charge in [-0.25, -0.2) is 0 Å². The van der Waals surface area contributed by atoms with Crippen molar-refractivity contribution in [2.24, 2.45) is 0 Å². The molecule has 2 saturated carbocycles. The smallest absolute Gasteiger partial charge is 1.00 e. The van der Waals surface area contributed by atoms with Crippen LogP contribution in [0.25, 0.3) is 0 Å². The quantitative estimate of drug-likeness (QED) is 0.270. The van der Waals surface area contributed by atoms with Crippen molar-refractivity contribution in [1.82, 2.24) is 0 Å². The molecule has 0 aliphatic heterocycles. The molecule has 0 aromatic heterocycles. The molecule has 0 spiro atoms. The number of rotatable bonds is 2. The molecule has 5 heteroatoms. The van der Waals surface area contributed by atoms with Gasteiger partial charge in [0.1, 0.15) is 0 Å². The van der Waals surface area contributed by atoms with Crippen LogP contribution in [-0.4, -0.2) is 20.6 Å². The molecule has 10 radical (unpaired) electrons. The first kappa shape index (κ1) is 37.9. The molecule has 180 valence electrons. The Balaban J connectivity index is -0.000000461. The maximum atomic E-state index is 2.36. The van der Waals surface area contributed by atoms with Gasteiger partial charge in [-0.3, -0.25) is 0 Å². The molecule has 0 aromatic carbocycles. The van der Waals surface area contributed by atoms with Gasteiger partial charge in [0.15, 0.2) is 0 Å².